The molecule has 5 heteroatoms. The van der Waals surface area contributed by atoms with Crippen LogP contribution in [0, 0.1) is 0 Å². The number of esters is 1. The van der Waals surface area contributed by atoms with Gasteiger partial charge in [-0.2, -0.15) is 0 Å². The van der Waals surface area contributed by atoms with E-state index in [9.17, 15) is 4.79 Å². The van der Waals surface area contributed by atoms with Gasteiger partial charge in [-0.15, -0.1) is 0 Å². The average molecular weight is 253 g/mol. The van der Waals surface area contributed by atoms with E-state index in [2.05, 4.69) is 0 Å². The van der Waals surface area contributed by atoms with Gasteiger partial charge >= 0.3 is 5.97 Å². The average Bonchev–Trinajstić information content (AvgIpc) is 2.38. The van der Waals surface area contributed by atoms with Crippen LogP contribution in [-0.4, -0.2) is 32.9 Å². The number of carbonyl (C=O) groups excluding carboxylic acids is 1. The molecule has 18 heavy (non-hydrogen) atoms. The summed E-state index contributed by atoms with van der Waals surface area (Å²) in [6, 6.07) is 5.24. The topological polar surface area (TPSA) is 70.8 Å². The highest BCUT2D eigenvalue weighted by Gasteiger charge is 2.15. The van der Waals surface area contributed by atoms with Crippen molar-refractivity contribution >= 4 is 11.7 Å². The van der Waals surface area contributed by atoms with E-state index in [1.807, 2.05) is 6.92 Å². The van der Waals surface area contributed by atoms with Crippen molar-refractivity contribution in [3.8, 4) is 0 Å². The van der Waals surface area contributed by atoms with Crippen LogP contribution >= 0.6 is 0 Å². The van der Waals surface area contributed by atoms with Crippen molar-refractivity contribution in [3.63, 3.8) is 0 Å². The van der Waals surface area contributed by atoms with Crippen molar-refractivity contribution in [3.05, 3.63) is 29.3 Å². The van der Waals surface area contributed by atoms with Crippen LogP contribution in [-0.2, 0) is 20.8 Å². The third kappa shape index (κ3) is 4.01. The summed E-state index contributed by atoms with van der Waals surface area (Å²) in [5, 5.41) is 0. The van der Waals surface area contributed by atoms with E-state index in [-0.39, 0.29) is 0 Å². The third-order valence-electron chi connectivity index (χ3n) is 2.41. The monoisotopic (exact) mass is 253 g/mol. The molecule has 0 aliphatic rings. The molecule has 0 amide bonds. The van der Waals surface area contributed by atoms with E-state index < -0.39 is 5.97 Å². The molecule has 100 valence electrons. The van der Waals surface area contributed by atoms with Crippen LogP contribution in [0.3, 0.4) is 0 Å². The zero-order chi connectivity index (χ0) is 13.4. The van der Waals surface area contributed by atoms with Gasteiger partial charge in [-0.3, -0.25) is 0 Å². The number of rotatable bonds is 7. The molecule has 0 aliphatic heterocycles. The van der Waals surface area contributed by atoms with Gasteiger partial charge < -0.3 is 19.9 Å². The lowest BCUT2D eigenvalue weighted by Gasteiger charge is -2.11. The minimum absolute atomic E-state index is 0.308. The molecule has 0 aliphatic carbocycles. The molecule has 0 bridgehead atoms. The van der Waals surface area contributed by atoms with Crippen molar-refractivity contribution in [2.24, 2.45) is 0 Å². The fourth-order valence-electron chi connectivity index (χ4n) is 1.54. The van der Waals surface area contributed by atoms with Crippen LogP contribution in [0.1, 0.15) is 22.8 Å². The Balaban J connectivity index is 2.64. The van der Waals surface area contributed by atoms with E-state index in [4.69, 9.17) is 19.9 Å². The Kier molecular flexibility index (Phi) is 6.18. The zero-order valence-electron chi connectivity index (χ0n) is 10.8. The van der Waals surface area contributed by atoms with Crippen LogP contribution in [0.2, 0.25) is 0 Å². The summed E-state index contributed by atoms with van der Waals surface area (Å²) in [4.78, 5) is 11.6. The summed E-state index contributed by atoms with van der Waals surface area (Å²) in [5.74, 6) is -0.448. The van der Waals surface area contributed by atoms with E-state index in [0.717, 1.165) is 5.56 Å². The third-order valence-corrected chi connectivity index (χ3v) is 2.41. The van der Waals surface area contributed by atoms with Crippen molar-refractivity contribution in [1.29, 1.82) is 0 Å². The second-order valence-corrected chi connectivity index (χ2v) is 3.62. The SMILES string of the molecule is CCOCCOCc1cccc(N)c1C(=O)OC. The molecular formula is C13H19NO4. The number of anilines is 1. The van der Waals surface area contributed by atoms with Gasteiger partial charge in [-0.1, -0.05) is 12.1 Å². The van der Waals surface area contributed by atoms with E-state index in [1.54, 1.807) is 18.2 Å². The standard InChI is InChI=1S/C13H19NO4/c1-3-17-7-8-18-9-10-5-4-6-11(14)12(10)13(15)16-2/h4-6H,3,7-9,14H2,1-2H3. The van der Waals surface area contributed by atoms with Gasteiger partial charge in [0.15, 0.2) is 0 Å². The van der Waals surface area contributed by atoms with Crippen LogP contribution in [0.25, 0.3) is 0 Å². The molecule has 0 spiro atoms. The fourth-order valence-corrected chi connectivity index (χ4v) is 1.54. The quantitative estimate of drug-likeness (QED) is 0.454. The van der Waals surface area contributed by atoms with E-state index >= 15 is 0 Å². The maximum Gasteiger partial charge on any atom is 0.340 e. The molecule has 0 saturated carbocycles. The summed E-state index contributed by atoms with van der Waals surface area (Å²) in [5.41, 5.74) is 7.26. The summed E-state index contributed by atoms with van der Waals surface area (Å²) in [6.45, 7) is 3.90. The Morgan fingerprint density at radius 2 is 2.00 bits per heavy atom. The van der Waals surface area contributed by atoms with Gasteiger partial charge in [0.1, 0.15) is 0 Å². The molecule has 0 atom stereocenters. The number of carbonyl (C=O) groups is 1. The molecular weight excluding hydrogens is 234 g/mol. The second-order valence-electron chi connectivity index (χ2n) is 3.62. The Hall–Kier alpha value is -1.59. The molecule has 0 radical (unpaired) electrons. The Labute approximate surface area is 107 Å². The first-order valence-electron chi connectivity index (χ1n) is 5.81. The lowest BCUT2D eigenvalue weighted by molar-refractivity contribution is 0.0438. The van der Waals surface area contributed by atoms with Gasteiger partial charge in [0.05, 0.1) is 32.5 Å². The highest BCUT2D eigenvalue weighted by Crippen LogP contribution is 2.18. The largest absolute Gasteiger partial charge is 0.465 e. The molecule has 1 aromatic rings. The van der Waals surface area contributed by atoms with Crippen LogP contribution in [0.4, 0.5) is 5.69 Å². The Bertz CT molecular complexity index is 393. The molecule has 2 N–H and O–H groups in total. The first-order chi connectivity index (χ1) is 8.70. The van der Waals surface area contributed by atoms with Crippen molar-refractivity contribution < 1.29 is 19.0 Å². The first kappa shape index (κ1) is 14.5. The molecule has 1 rings (SSSR count). The van der Waals surface area contributed by atoms with Crippen molar-refractivity contribution in [2.45, 2.75) is 13.5 Å². The highest BCUT2D eigenvalue weighted by atomic mass is 16.5. The van der Waals surface area contributed by atoms with E-state index in [1.165, 1.54) is 7.11 Å². The molecule has 1 aromatic carbocycles. The Morgan fingerprint density at radius 1 is 1.28 bits per heavy atom. The lowest BCUT2D eigenvalue weighted by atomic mass is 10.1. The van der Waals surface area contributed by atoms with Gasteiger partial charge in [0.2, 0.25) is 0 Å². The van der Waals surface area contributed by atoms with Crippen LogP contribution in [0.15, 0.2) is 18.2 Å². The van der Waals surface area contributed by atoms with Gasteiger partial charge in [0.25, 0.3) is 0 Å². The van der Waals surface area contributed by atoms with Crippen molar-refractivity contribution in [1.82, 2.24) is 0 Å². The maximum atomic E-state index is 11.6. The Morgan fingerprint density at radius 3 is 2.67 bits per heavy atom. The number of ether oxygens (including phenoxy) is 3. The molecule has 5 nitrogen and oxygen atoms in total. The van der Waals surface area contributed by atoms with Crippen LogP contribution < -0.4 is 5.73 Å². The summed E-state index contributed by atoms with van der Waals surface area (Å²) in [7, 11) is 1.33. The number of hydrogen-bond acceptors (Lipinski definition) is 5. The lowest BCUT2D eigenvalue weighted by Crippen LogP contribution is -2.11. The normalized spacial score (nSPS) is 10.3. The van der Waals surface area contributed by atoms with Gasteiger partial charge in [0, 0.05) is 12.3 Å². The number of benzene rings is 1. The minimum Gasteiger partial charge on any atom is -0.465 e. The summed E-state index contributed by atoms with van der Waals surface area (Å²) in [6.07, 6.45) is 0. The highest BCUT2D eigenvalue weighted by molar-refractivity contribution is 5.96. The maximum absolute atomic E-state index is 11.6. The fraction of sp³-hybridized carbons (Fsp3) is 0.462. The predicted octanol–water partition coefficient (Wildman–Crippen LogP) is 1.61. The minimum atomic E-state index is -0.448. The van der Waals surface area contributed by atoms with E-state index in [0.29, 0.717) is 37.7 Å². The zero-order valence-corrected chi connectivity index (χ0v) is 10.8. The number of nitrogen functional groups attached to an aromatic ring is 1. The van der Waals surface area contributed by atoms with Crippen LogP contribution in [0.5, 0.6) is 0 Å². The smallest absolute Gasteiger partial charge is 0.340 e. The molecule has 0 aromatic heterocycles. The van der Waals surface area contributed by atoms with Gasteiger partial charge in [-0.05, 0) is 18.6 Å². The summed E-state index contributed by atoms with van der Waals surface area (Å²) < 4.78 is 15.3. The number of hydrogen-bond donors (Lipinski definition) is 1. The molecule has 0 unspecified atom stereocenters. The molecule has 0 fully saturated rings. The second kappa shape index (κ2) is 7.68. The first-order valence-corrected chi connectivity index (χ1v) is 5.81. The summed E-state index contributed by atoms with van der Waals surface area (Å²) >= 11 is 0. The number of nitrogens with two attached hydrogens (primary N) is 1. The van der Waals surface area contributed by atoms with Gasteiger partial charge in [-0.25, -0.2) is 4.79 Å². The predicted molar refractivity (Wildman–Crippen MR) is 68.3 cm³/mol. The number of methoxy groups -OCH3 is 1. The molecule has 0 heterocycles. The van der Waals surface area contributed by atoms with Crippen molar-refractivity contribution in [2.75, 3.05) is 32.7 Å². The molecule has 0 saturated heterocycles.